The maximum atomic E-state index is 15.8. The smallest absolute Gasteiger partial charge is 0.280 e. The van der Waals surface area contributed by atoms with E-state index in [1.165, 1.54) is 10.9 Å². The number of nitrogens with one attached hydrogen (secondary N) is 2. The first-order valence-electron chi connectivity index (χ1n) is 14.3. The van der Waals surface area contributed by atoms with Crippen LogP contribution in [0.2, 0.25) is 0 Å². The number of hydrogen-bond acceptors (Lipinski definition) is 6. The van der Waals surface area contributed by atoms with Crippen LogP contribution in [0.1, 0.15) is 43.2 Å². The molecule has 0 spiro atoms. The van der Waals surface area contributed by atoms with E-state index in [1.54, 1.807) is 13.2 Å². The van der Waals surface area contributed by atoms with E-state index in [1.807, 2.05) is 98.8 Å². The van der Waals surface area contributed by atoms with Crippen molar-refractivity contribution in [2.45, 2.75) is 43.8 Å². The minimum Gasteiger partial charge on any atom is -0.497 e. The van der Waals surface area contributed by atoms with Gasteiger partial charge in [-0.25, -0.2) is 9.37 Å². The molecular formula is C34H34FN5O3. The molecule has 220 valence electrons. The molecule has 3 heterocycles. The van der Waals surface area contributed by atoms with Crippen molar-refractivity contribution < 1.29 is 13.9 Å². The number of ether oxygens (including phenoxy) is 2. The number of aromatic nitrogens is 4. The maximum absolute atomic E-state index is 15.8. The summed E-state index contributed by atoms with van der Waals surface area (Å²) < 4.78 is 29.0. The zero-order valence-electron chi connectivity index (χ0n) is 24.3. The van der Waals surface area contributed by atoms with Crippen LogP contribution in [-0.2, 0) is 10.3 Å². The van der Waals surface area contributed by atoms with Crippen molar-refractivity contribution in [3.63, 3.8) is 0 Å². The van der Waals surface area contributed by atoms with Crippen molar-refractivity contribution in [1.82, 2.24) is 19.5 Å². The van der Waals surface area contributed by atoms with E-state index >= 15 is 4.39 Å². The number of anilines is 1. The molecule has 0 unspecified atom stereocenters. The van der Waals surface area contributed by atoms with Gasteiger partial charge in [-0.05, 0) is 35.2 Å². The van der Waals surface area contributed by atoms with Gasteiger partial charge in [-0.15, -0.1) is 6.58 Å². The van der Waals surface area contributed by atoms with Gasteiger partial charge in [0.2, 0.25) is 5.95 Å². The van der Waals surface area contributed by atoms with Gasteiger partial charge in [0.25, 0.3) is 5.56 Å². The SMILES string of the molecule is C=C[C@]1(CC)O[C@@H](n2cnc3c(=O)[nH]c(NC(c4ccccc4)(c4ccccc4)c4ccc(OC)cc4)nc32)[C@H](F)[C@@H]1C. The number of halogens is 1. The Morgan fingerprint density at radius 3 is 2.21 bits per heavy atom. The molecule has 8 nitrogen and oxygen atoms in total. The Kier molecular flexibility index (Phi) is 7.35. The zero-order valence-corrected chi connectivity index (χ0v) is 24.3. The minimum absolute atomic E-state index is 0.0936. The minimum atomic E-state index is -1.36. The van der Waals surface area contributed by atoms with Gasteiger partial charge in [0.15, 0.2) is 23.6 Å². The molecule has 4 atom stereocenters. The number of aromatic amines is 1. The highest BCUT2D eigenvalue weighted by Gasteiger charge is 2.51. The van der Waals surface area contributed by atoms with E-state index in [0.29, 0.717) is 12.2 Å². The Labute approximate surface area is 249 Å². The Hall–Kier alpha value is -4.76. The molecule has 0 saturated carbocycles. The predicted octanol–water partition coefficient (Wildman–Crippen LogP) is 6.37. The third kappa shape index (κ3) is 4.60. The maximum Gasteiger partial charge on any atom is 0.280 e. The van der Waals surface area contributed by atoms with E-state index in [2.05, 4.69) is 21.9 Å². The van der Waals surface area contributed by atoms with Gasteiger partial charge in [0, 0.05) is 5.92 Å². The second-order valence-electron chi connectivity index (χ2n) is 10.8. The zero-order chi connectivity index (χ0) is 30.2. The highest BCUT2D eigenvalue weighted by atomic mass is 19.1. The van der Waals surface area contributed by atoms with Gasteiger partial charge in [-0.3, -0.25) is 14.3 Å². The molecule has 0 amide bonds. The van der Waals surface area contributed by atoms with E-state index < -0.39 is 35.0 Å². The lowest BCUT2D eigenvalue weighted by atomic mass is 9.77. The van der Waals surface area contributed by atoms with Crippen LogP contribution in [0.15, 0.2) is 109 Å². The summed E-state index contributed by atoms with van der Waals surface area (Å²) in [7, 11) is 1.62. The lowest BCUT2D eigenvalue weighted by Gasteiger charge is -2.37. The van der Waals surface area contributed by atoms with Gasteiger partial charge in [0.1, 0.15) is 11.3 Å². The molecule has 1 fully saturated rings. The van der Waals surface area contributed by atoms with Gasteiger partial charge in [-0.2, -0.15) is 4.98 Å². The molecule has 5 aromatic rings. The Balaban J connectivity index is 1.54. The van der Waals surface area contributed by atoms with Crippen molar-refractivity contribution in [3.05, 3.63) is 131 Å². The summed E-state index contributed by atoms with van der Waals surface area (Å²) >= 11 is 0. The number of hydrogen-bond donors (Lipinski definition) is 2. The fraction of sp³-hybridized carbons (Fsp3) is 0.265. The van der Waals surface area contributed by atoms with Crippen LogP contribution in [0.3, 0.4) is 0 Å². The molecule has 6 rings (SSSR count). The van der Waals surface area contributed by atoms with E-state index in [4.69, 9.17) is 14.5 Å². The molecule has 2 N–H and O–H groups in total. The van der Waals surface area contributed by atoms with Crippen molar-refractivity contribution in [1.29, 1.82) is 0 Å². The largest absolute Gasteiger partial charge is 0.497 e. The Bertz CT molecular complexity index is 1750. The number of methoxy groups -OCH3 is 1. The summed E-state index contributed by atoms with van der Waals surface area (Å²) in [6.07, 6.45) is 1.26. The molecule has 43 heavy (non-hydrogen) atoms. The molecule has 1 aliphatic rings. The molecule has 1 aliphatic heterocycles. The Morgan fingerprint density at radius 1 is 1.07 bits per heavy atom. The van der Waals surface area contributed by atoms with Crippen LogP contribution in [0.5, 0.6) is 5.75 Å². The summed E-state index contributed by atoms with van der Waals surface area (Å²) in [5, 5.41) is 3.58. The average molecular weight is 580 g/mol. The molecule has 9 heteroatoms. The third-order valence-corrected chi connectivity index (χ3v) is 8.71. The summed E-state index contributed by atoms with van der Waals surface area (Å²) in [5.41, 5.74) is 0.747. The normalized spacial score (nSPS) is 22.0. The lowest BCUT2D eigenvalue weighted by molar-refractivity contribution is -0.0602. The van der Waals surface area contributed by atoms with Crippen molar-refractivity contribution in [3.8, 4) is 5.75 Å². The fourth-order valence-corrected chi connectivity index (χ4v) is 6.19. The topological polar surface area (TPSA) is 94.1 Å². The number of imidazole rings is 1. The lowest BCUT2D eigenvalue weighted by Crippen LogP contribution is -2.39. The predicted molar refractivity (Wildman–Crippen MR) is 165 cm³/mol. The van der Waals surface area contributed by atoms with Gasteiger partial charge < -0.3 is 14.8 Å². The highest BCUT2D eigenvalue weighted by molar-refractivity contribution is 5.71. The summed E-state index contributed by atoms with van der Waals surface area (Å²) in [6, 6.07) is 27.6. The van der Waals surface area contributed by atoms with Crippen molar-refractivity contribution in [2.24, 2.45) is 5.92 Å². The van der Waals surface area contributed by atoms with Gasteiger partial charge in [-0.1, -0.05) is 92.7 Å². The summed E-state index contributed by atoms with van der Waals surface area (Å²) in [5.74, 6) is 0.454. The van der Waals surface area contributed by atoms with Crippen molar-refractivity contribution in [2.75, 3.05) is 12.4 Å². The van der Waals surface area contributed by atoms with Crippen LogP contribution in [-0.4, -0.2) is 38.4 Å². The first-order valence-corrected chi connectivity index (χ1v) is 14.3. The second-order valence-corrected chi connectivity index (χ2v) is 10.8. The Morgan fingerprint density at radius 2 is 1.67 bits per heavy atom. The summed E-state index contributed by atoms with van der Waals surface area (Å²) in [6.45, 7) is 7.66. The molecule has 3 aromatic carbocycles. The van der Waals surface area contributed by atoms with Crippen LogP contribution in [0.4, 0.5) is 10.3 Å². The number of fused-ring (bicyclic) bond motifs is 1. The molecule has 2 aromatic heterocycles. The highest BCUT2D eigenvalue weighted by Crippen LogP contribution is 2.46. The quantitative estimate of drug-likeness (QED) is 0.156. The molecule has 1 saturated heterocycles. The van der Waals surface area contributed by atoms with Gasteiger partial charge in [0.05, 0.1) is 19.0 Å². The number of H-pyrrole nitrogens is 1. The number of nitrogens with zero attached hydrogens (tertiary/aromatic N) is 3. The number of rotatable bonds is 9. The van der Waals surface area contributed by atoms with Gasteiger partial charge >= 0.3 is 0 Å². The molecule has 0 radical (unpaired) electrons. The first kappa shape index (κ1) is 28.4. The third-order valence-electron chi connectivity index (χ3n) is 8.71. The second kappa shape index (κ2) is 11.1. The van der Waals surface area contributed by atoms with E-state index in [9.17, 15) is 4.79 Å². The van der Waals surface area contributed by atoms with E-state index in [-0.39, 0.29) is 17.1 Å². The van der Waals surface area contributed by atoms with Crippen LogP contribution in [0.25, 0.3) is 11.2 Å². The first-order chi connectivity index (χ1) is 20.9. The number of benzene rings is 3. The standard InChI is InChI=1S/C34H34FN5O3/c1-5-33(6-2)22(3)27(35)31(43-33)40-21-36-28-29(40)37-32(38-30(28)41)39-34(23-13-9-7-10-14-23,24-15-11-8-12-16-24)25-17-19-26(42-4)20-18-25/h5,7-22,27,31H,1,6H2,2-4H3,(H2,37,38,39,41)/t22-,27+,31+,33+/m0/s1. The fourth-order valence-electron chi connectivity index (χ4n) is 6.19. The van der Waals surface area contributed by atoms with Crippen LogP contribution in [0, 0.1) is 5.92 Å². The molecule has 0 bridgehead atoms. The summed E-state index contributed by atoms with van der Waals surface area (Å²) in [4.78, 5) is 25.4. The molecular weight excluding hydrogens is 545 g/mol. The average Bonchev–Trinajstić information content (AvgIpc) is 3.59. The van der Waals surface area contributed by atoms with E-state index in [0.717, 1.165) is 16.7 Å². The molecule has 0 aliphatic carbocycles. The number of alkyl halides is 1. The van der Waals surface area contributed by atoms with Crippen LogP contribution < -0.4 is 15.6 Å². The van der Waals surface area contributed by atoms with Crippen molar-refractivity contribution >= 4 is 17.1 Å². The van der Waals surface area contributed by atoms with Crippen LogP contribution >= 0.6 is 0 Å². The monoisotopic (exact) mass is 579 g/mol.